The zero-order chi connectivity index (χ0) is 20.4. The maximum Gasteiger partial charge on any atom is 0.215 e. The van der Waals surface area contributed by atoms with E-state index >= 15 is 0 Å². The van der Waals surface area contributed by atoms with Gasteiger partial charge in [0.1, 0.15) is 11.9 Å². The topological polar surface area (TPSA) is 37.8 Å². The summed E-state index contributed by atoms with van der Waals surface area (Å²) in [5.74, 6) is 2.71. The number of halogens is 1. The average molecular weight is 416 g/mol. The Balaban J connectivity index is 1.37. The van der Waals surface area contributed by atoms with Gasteiger partial charge < -0.3 is 19.3 Å². The van der Waals surface area contributed by atoms with E-state index in [1.807, 2.05) is 6.07 Å². The number of nitrogens with zero attached hydrogens (tertiary/aromatic N) is 3. The van der Waals surface area contributed by atoms with Crippen LogP contribution < -0.4 is 19.3 Å². The summed E-state index contributed by atoms with van der Waals surface area (Å²) in [5.41, 5.74) is 2.28. The van der Waals surface area contributed by atoms with Crippen LogP contribution in [0.1, 0.15) is 26.7 Å². The van der Waals surface area contributed by atoms with E-state index in [0.717, 1.165) is 50.0 Å². The Hall–Kier alpha value is -2.14. The van der Waals surface area contributed by atoms with E-state index in [4.69, 9.17) is 21.1 Å². The van der Waals surface area contributed by atoms with Crippen LogP contribution in [0.5, 0.6) is 11.6 Å². The highest BCUT2D eigenvalue weighted by Gasteiger charge is 2.29. The van der Waals surface area contributed by atoms with Crippen LogP contribution in [0.2, 0.25) is 5.02 Å². The van der Waals surface area contributed by atoms with E-state index < -0.39 is 0 Å². The van der Waals surface area contributed by atoms with Gasteiger partial charge in [0.25, 0.3) is 0 Å². The Labute approximate surface area is 178 Å². The normalized spacial score (nSPS) is 24.6. The number of piperidine rings is 1. The molecule has 2 aliphatic rings. The molecule has 0 radical (unpaired) electrons. The minimum atomic E-state index is 0.200. The first-order chi connectivity index (χ1) is 14.0. The maximum absolute atomic E-state index is 6.38. The predicted molar refractivity (Wildman–Crippen MR) is 119 cm³/mol. The van der Waals surface area contributed by atoms with Crippen molar-refractivity contribution in [3.8, 4) is 11.6 Å². The monoisotopic (exact) mass is 415 g/mol. The summed E-state index contributed by atoms with van der Waals surface area (Å²) in [5, 5.41) is 0.657. The van der Waals surface area contributed by atoms with E-state index in [1.54, 1.807) is 13.3 Å². The van der Waals surface area contributed by atoms with Crippen molar-refractivity contribution < 1.29 is 9.47 Å². The summed E-state index contributed by atoms with van der Waals surface area (Å²) in [6, 6.07) is 10.5. The molecule has 156 valence electrons. The highest BCUT2D eigenvalue weighted by molar-refractivity contribution is 6.33. The highest BCUT2D eigenvalue weighted by Crippen LogP contribution is 2.33. The molecule has 0 aliphatic carbocycles. The van der Waals surface area contributed by atoms with Crippen LogP contribution >= 0.6 is 11.6 Å². The van der Waals surface area contributed by atoms with Crippen molar-refractivity contribution in [2.45, 2.75) is 32.8 Å². The third kappa shape index (κ3) is 4.55. The van der Waals surface area contributed by atoms with Gasteiger partial charge in [0.15, 0.2) is 0 Å². The molecule has 2 aromatic rings. The summed E-state index contributed by atoms with van der Waals surface area (Å²) in [6.45, 7) is 8.65. The average Bonchev–Trinajstić information content (AvgIpc) is 3.17. The molecule has 0 saturated carbocycles. The van der Waals surface area contributed by atoms with Gasteiger partial charge in [-0.25, -0.2) is 4.98 Å². The lowest BCUT2D eigenvalue weighted by Crippen LogP contribution is -2.44. The zero-order valence-electron chi connectivity index (χ0n) is 17.5. The third-order valence-electron chi connectivity index (χ3n) is 6.10. The molecule has 1 aromatic carbocycles. The predicted octanol–water partition coefficient (Wildman–Crippen LogP) is 4.88. The van der Waals surface area contributed by atoms with Crippen molar-refractivity contribution in [1.82, 2.24) is 4.98 Å². The first-order valence-electron chi connectivity index (χ1n) is 10.5. The lowest BCUT2D eigenvalue weighted by Gasteiger charge is -2.38. The van der Waals surface area contributed by atoms with Crippen LogP contribution in [-0.4, -0.2) is 44.4 Å². The number of hydrogen-bond acceptors (Lipinski definition) is 5. The molecule has 4 rings (SSSR count). The molecule has 0 bridgehead atoms. The number of anilines is 2. The summed E-state index contributed by atoms with van der Waals surface area (Å²) in [7, 11) is 1.62. The number of hydrogen-bond donors (Lipinski definition) is 0. The van der Waals surface area contributed by atoms with E-state index in [1.165, 1.54) is 12.1 Å². The smallest absolute Gasteiger partial charge is 0.215 e. The molecule has 3 heterocycles. The second-order valence-corrected chi connectivity index (χ2v) is 8.79. The Morgan fingerprint density at radius 1 is 1.03 bits per heavy atom. The number of benzene rings is 1. The van der Waals surface area contributed by atoms with Gasteiger partial charge >= 0.3 is 0 Å². The van der Waals surface area contributed by atoms with Gasteiger partial charge in [0.05, 0.1) is 24.0 Å². The lowest BCUT2D eigenvalue weighted by molar-refractivity contribution is 0.121. The van der Waals surface area contributed by atoms with Crippen LogP contribution in [0, 0.1) is 11.8 Å². The molecular formula is C23H30ClN3O2. The number of pyridine rings is 1. The third-order valence-corrected chi connectivity index (χ3v) is 6.39. The SMILES string of the molecule is COc1cc(N2CCC(Oc3ccc(N4CCC(C)C4)cc3)C(C)C2)c(Cl)cn1. The first kappa shape index (κ1) is 20.1. The summed E-state index contributed by atoms with van der Waals surface area (Å²) in [6.07, 6.45) is 4.09. The van der Waals surface area contributed by atoms with Crippen LogP contribution in [0.4, 0.5) is 11.4 Å². The van der Waals surface area contributed by atoms with Crippen molar-refractivity contribution in [2.75, 3.05) is 43.1 Å². The molecule has 29 heavy (non-hydrogen) atoms. The molecule has 2 fully saturated rings. The Kier molecular flexibility index (Phi) is 6.04. The van der Waals surface area contributed by atoms with Crippen molar-refractivity contribution in [2.24, 2.45) is 11.8 Å². The summed E-state index contributed by atoms with van der Waals surface area (Å²) < 4.78 is 11.6. The quantitative estimate of drug-likeness (QED) is 0.695. The van der Waals surface area contributed by atoms with E-state index in [-0.39, 0.29) is 6.10 Å². The maximum atomic E-state index is 6.38. The standard InChI is InChI=1S/C23H30ClN3O2/c1-16-8-10-26(14-16)18-4-6-19(7-5-18)29-22-9-11-27(15-17(22)2)21-12-23(28-3)25-13-20(21)24/h4-7,12-13,16-17,22H,8-11,14-15H2,1-3H3. The molecule has 5 nitrogen and oxygen atoms in total. The lowest BCUT2D eigenvalue weighted by atomic mass is 9.96. The van der Waals surface area contributed by atoms with Gasteiger partial charge in [-0.15, -0.1) is 0 Å². The van der Waals surface area contributed by atoms with Gasteiger partial charge in [0.2, 0.25) is 5.88 Å². The fourth-order valence-electron chi connectivity index (χ4n) is 4.36. The molecule has 2 saturated heterocycles. The minimum absolute atomic E-state index is 0.200. The van der Waals surface area contributed by atoms with Gasteiger partial charge in [-0.3, -0.25) is 0 Å². The molecule has 0 spiro atoms. The molecule has 3 atom stereocenters. The van der Waals surface area contributed by atoms with Gasteiger partial charge in [-0.1, -0.05) is 25.4 Å². The van der Waals surface area contributed by atoms with E-state index in [2.05, 4.69) is 52.9 Å². The Morgan fingerprint density at radius 2 is 1.79 bits per heavy atom. The summed E-state index contributed by atoms with van der Waals surface area (Å²) >= 11 is 6.38. The van der Waals surface area contributed by atoms with E-state index in [9.17, 15) is 0 Å². The van der Waals surface area contributed by atoms with E-state index in [0.29, 0.717) is 16.8 Å². The van der Waals surface area contributed by atoms with Crippen molar-refractivity contribution in [3.05, 3.63) is 41.6 Å². The molecule has 3 unspecified atom stereocenters. The molecular weight excluding hydrogens is 386 g/mol. The van der Waals surface area contributed by atoms with Crippen molar-refractivity contribution >= 4 is 23.0 Å². The number of rotatable bonds is 5. The van der Waals surface area contributed by atoms with Gasteiger partial charge in [-0.05, 0) is 36.6 Å². The van der Waals surface area contributed by atoms with Crippen LogP contribution in [0.25, 0.3) is 0 Å². The molecule has 2 aliphatic heterocycles. The number of methoxy groups -OCH3 is 1. The van der Waals surface area contributed by atoms with Crippen molar-refractivity contribution in [3.63, 3.8) is 0 Å². The van der Waals surface area contributed by atoms with Crippen LogP contribution in [0.15, 0.2) is 36.5 Å². The molecule has 6 heteroatoms. The largest absolute Gasteiger partial charge is 0.490 e. The van der Waals surface area contributed by atoms with Crippen molar-refractivity contribution in [1.29, 1.82) is 0 Å². The Bertz CT molecular complexity index is 829. The fraction of sp³-hybridized carbons (Fsp3) is 0.522. The second kappa shape index (κ2) is 8.70. The number of aromatic nitrogens is 1. The molecule has 0 N–H and O–H groups in total. The summed E-state index contributed by atoms with van der Waals surface area (Å²) in [4.78, 5) is 8.93. The van der Waals surface area contributed by atoms with Gasteiger partial charge in [-0.2, -0.15) is 0 Å². The minimum Gasteiger partial charge on any atom is -0.490 e. The first-order valence-corrected chi connectivity index (χ1v) is 10.9. The number of ether oxygens (including phenoxy) is 2. The van der Waals surface area contributed by atoms with Crippen LogP contribution in [0.3, 0.4) is 0 Å². The fourth-order valence-corrected chi connectivity index (χ4v) is 4.58. The highest BCUT2D eigenvalue weighted by atomic mass is 35.5. The van der Waals surface area contributed by atoms with Gasteiger partial charge in [0, 0.05) is 50.3 Å². The zero-order valence-corrected chi connectivity index (χ0v) is 18.2. The Morgan fingerprint density at radius 3 is 2.45 bits per heavy atom. The molecule has 0 amide bonds. The second-order valence-electron chi connectivity index (χ2n) is 8.38. The molecule has 1 aromatic heterocycles. The van der Waals surface area contributed by atoms with Crippen LogP contribution in [-0.2, 0) is 0 Å².